The fraction of sp³-hybridized carbons (Fsp3) is 0.312. The molecule has 0 aliphatic rings. The second-order valence-electron chi connectivity index (χ2n) is 5.03. The van der Waals surface area contributed by atoms with Crippen LogP contribution in [0.4, 0.5) is 4.39 Å². The number of carbonyl (C=O) groups excluding carboxylic acids is 1. The van der Waals surface area contributed by atoms with E-state index in [1.165, 1.54) is 12.1 Å². The molecule has 0 spiro atoms. The minimum Gasteiger partial charge on any atom is -0.486 e. The molecule has 0 saturated carbocycles. The SMILES string of the molecule is CCOc1c(-c2cc(Cl)ccc2F)c(C(=O)OC(C)C)noc1=O. The van der Waals surface area contributed by atoms with Crippen molar-refractivity contribution in [2.75, 3.05) is 6.61 Å². The molecule has 0 N–H and O–H groups in total. The Hall–Kier alpha value is -2.41. The zero-order valence-electron chi connectivity index (χ0n) is 13.3. The van der Waals surface area contributed by atoms with Crippen molar-refractivity contribution < 1.29 is 23.2 Å². The summed E-state index contributed by atoms with van der Waals surface area (Å²) in [6.07, 6.45) is -0.446. The lowest BCUT2D eigenvalue weighted by molar-refractivity contribution is 0.0360. The standard InChI is InChI=1S/C16H15ClFNO5/c1-4-22-14-12(10-7-9(17)5-6-11(10)18)13(19-24-16(14)21)15(20)23-8(2)3/h5-8H,4H2,1-3H3. The highest BCUT2D eigenvalue weighted by atomic mass is 35.5. The molecule has 0 bridgehead atoms. The number of aromatic nitrogens is 1. The minimum atomic E-state index is -0.938. The van der Waals surface area contributed by atoms with Crippen LogP contribution in [0.1, 0.15) is 31.3 Å². The molecule has 8 heteroatoms. The quantitative estimate of drug-likeness (QED) is 0.764. The minimum absolute atomic E-state index is 0.0998. The van der Waals surface area contributed by atoms with E-state index in [1.807, 2.05) is 0 Å². The molecule has 0 fully saturated rings. The first-order valence-electron chi connectivity index (χ1n) is 7.18. The summed E-state index contributed by atoms with van der Waals surface area (Å²) in [6, 6.07) is 3.72. The van der Waals surface area contributed by atoms with Crippen molar-refractivity contribution in [2.45, 2.75) is 26.9 Å². The molecular formula is C16H15ClFNO5. The molecule has 0 aliphatic heterocycles. The van der Waals surface area contributed by atoms with Gasteiger partial charge >= 0.3 is 11.6 Å². The summed E-state index contributed by atoms with van der Waals surface area (Å²) in [5.41, 5.74) is -1.57. The Morgan fingerprint density at radius 1 is 1.42 bits per heavy atom. The van der Waals surface area contributed by atoms with Crippen molar-refractivity contribution in [3.8, 4) is 16.9 Å². The van der Waals surface area contributed by atoms with Crippen molar-refractivity contribution in [3.05, 3.63) is 45.2 Å². The zero-order chi connectivity index (χ0) is 17.9. The van der Waals surface area contributed by atoms with Gasteiger partial charge in [0.1, 0.15) is 5.82 Å². The Kier molecular flexibility index (Phi) is 5.56. The molecule has 24 heavy (non-hydrogen) atoms. The summed E-state index contributed by atoms with van der Waals surface area (Å²) in [5.74, 6) is -1.90. The van der Waals surface area contributed by atoms with Gasteiger partial charge in [0, 0.05) is 10.6 Å². The summed E-state index contributed by atoms with van der Waals surface area (Å²) in [7, 11) is 0. The smallest absolute Gasteiger partial charge is 0.400 e. The average molecular weight is 356 g/mol. The largest absolute Gasteiger partial charge is 0.486 e. The van der Waals surface area contributed by atoms with Gasteiger partial charge in [-0.25, -0.2) is 14.0 Å². The Balaban J connectivity index is 2.78. The van der Waals surface area contributed by atoms with Crippen LogP contribution >= 0.6 is 11.6 Å². The molecule has 2 aromatic rings. The first kappa shape index (κ1) is 17.9. The maximum Gasteiger partial charge on any atom is 0.400 e. The summed E-state index contributed by atoms with van der Waals surface area (Å²) in [4.78, 5) is 24.2. The number of rotatable bonds is 5. The molecule has 0 radical (unpaired) electrons. The van der Waals surface area contributed by atoms with Gasteiger partial charge in [-0.15, -0.1) is 0 Å². The molecule has 1 aromatic carbocycles. The van der Waals surface area contributed by atoms with Gasteiger partial charge < -0.3 is 14.0 Å². The number of hydrogen-bond acceptors (Lipinski definition) is 6. The third-order valence-electron chi connectivity index (χ3n) is 2.89. The van der Waals surface area contributed by atoms with E-state index in [2.05, 4.69) is 9.68 Å². The van der Waals surface area contributed by atoms with Crippen molar-refractivity contribution in [3.63, 3.8) is 0 Å². The van der Waals surface area contributed by atoms with Crippen LogP contribution in [-0.4, -0.2) is 23.8 Å². The Morgan fingerprint density at radius 3 is 2.75 bits per heavy atom. The fourth-order valence-corrected chi connectivity index (χ4v) is 2.18. The van der Waals surface area contributed by atoms with Gasteiger partial charge in [0.15, 0.2) is 5.69 Å². The molecule has 0 atom stereocenters. The van der Waals surface area contributed by atoms with Gasteiger partial charge in [-0.05, 0) is 39.0 Å². The number of carbonyl (C=O) groups is 1. The number of benzene rings is 1. The second-order valence-corrected chi connectivity index (χ2v) is 5.47. The van der Waals surface area contributed by atoms with E-state index >= 15 is 0 Å². The number of hydrogen-bond donors (Lipinski definition) is 0. The lowest BCUT2D eigenvalue weighted by Crippen LogP contribution is -2.19. The number of nitrogens with zero attached hydrogens (tertiary/aromatic N) is 1. The molecule has 6 nitrogen and oxygen atoms in total. The predicted molar refractivity (Wildman–Crippen MR) is 84.9 cm³/mol. The summed E-state index contributed by atoms with van der Waals surface area (Å²) < 4.78 is 29.2. The molecule has 0 saturated heterocycles. The maximum atomic E-state index is 14.3. The molecule has 0 amide bonds. The molecule has 1 aromatic heterocycles. The Labute approximate surface area is 142 Å². The monoisotopic (exact) mass is 355 g/mol. The molecule has 128 valence electrons. The van der Waals surface area contributed by atoms with Crippen LogP contribution in [-0.2, 0) is 4.74 Å². The summed E-state index contributed by atoms with van der Waals surface area (Å²) in [6.45, 7) is 5.01. The molecule has 2 rings (SSSR count). The third kappa shape index (κ3) is 3.73. The van der Waals surface area contributed by atoms with Crippen LogP contribution in [0.5, 0.6) is 5.75 Å². The van der Waals surface area contributed by atoms with Crippen molar-refractivity contribution in [1.29, 1.82) is 0 Å². The van der Waals surface area contributed by atoms with E-state index in [4.69, 9.17) is 21.1 Å². The van der Waals surface area contributed by atoms with Crippen molar-refractivity contribution >= 4 is 17.6 Å². The summed E-state index contributed by atoms with van der Waals surface area (Å²) in [5, 5.41) is 3.68. The highest BCUT2D eigenvalue weighted by molar-refractivity contribution is 6.30. The van der Waals surface area contributed by atoms with Gasteiger partial charge in [-0.1, -0.05) is 16.8 Å². The first-order valence-corrected chi connectivity index (χ1v) is 7.56. The van der Waals surface area contributed by atoms with E-state index in [-0.39, 0.29) is 34.2 Å². The van der Waals surface area contributed by atoms with Gasteiger partial charge in [0.2, 0.25) is 5.75 Å². The topological polar surface area (TPSA) is 78.6 Å². The summed E-state index contributed by atoms with van der Waals surface area (Å²) >= 11 is 5.91. The maximum absolute atomic E-state index is 14.3. The number of ether oxygens (including phenoxy) is 2. The van der Waals surface area contributed by atoms with E-state index in [0.29, 0.717) is 0 Å². The van der Waals surface area contributed by atoms with Crippen LogP contribution in [0, 0.1) is 5.82 Å². The van der Waals surface area contributed by atoms with Crippen molar-refractivity contribution in [1.82, 2.24) is 5.16 Å². The normalized spacial score (nSPS) is 10.8. The van der Waals surface area contributed by atoms with Gasteiger partial charge in [0.25, 0.3) is 0 Å². The number of halogens is 2. The van der Waals surface area contributed by atoms with Crippen molar-refractivity contribution in [2.24, 2.45) is 0 Å². The highest BCUT2D eigenvalue weighted by Crippen LogP contribution is 2.34. The lowest BCUT2D eigenvalue weighted by Gasteiger charge is -2.14. The zero-order valence-corrected chi connectivity index (χ0v) is 14.0. The third-order valence-corrected chi connectivity index (χ3v) is 3.13. The van der Waals surface area contributed by atoms with Gasteiger partial charge in [-0.2, -0.15) is 0 Å². The van der Waals surface area contributed by atoms with E-state index in [9.17, 15) is 14.0 Å². The van der Waals surface area contributed by atoms with Crippen LogP contribution in [0.15, 0.2) is 27.5 Å². The fourth-order valence-electron chi connectivity index (χ4n) is 2.01. The van der Waals surface area contributed by atoms with E-state index in [1.54, 1.807) is 20.8 Å². The molecule has 0 aliphatic carbocycles. The lowest BCUT2D eigenvalue weighted by atomic mass is 10.0. The van der Waals surface area contributed by atoms with E-state index in [0.717, 1.165) is 6.07 Å². The predicted octanol–water partition coefficient (Wildman–Crippen LogP) is 3.46. The van der Waals surface area contributed by atoms with Gasteiger partial charge in [-0.3, -0.25) is 0 Å². The van der Waals surface area contributed by atoms with E-state index < -0.39 is 23.5 Å². The highest BCUT2D eigenvalue weighted by Gasteiger charge is 2.27. The molecular weight excluding hydrogens is 341 g/mol. The number of esters is 1. The molecule has 1 heterocycles. The average Bonchev–Trinajstić information content (AvgIpc) is 2.51. The Bertz CT molecular complexity index is 819. The first-order chi connectivity index (χ1) is 11.3. The Morgan fingerprint density at radius 2 is 2.12 bits per heavy atom. The molecule has 0 unspecified atom stereocenters. The van der Waals surface area contributed by atoms with Gasteiger partial charge in [0.05, 0.1) is 18.3 Å². The van der Waals surface area contributed by atoms with Crippen LogP contribution in [0.3, 0.4) is 0 Å². The van der Waals surface area contributed by atoms with Crippen LogP contribution in [0.25, 0.3) is 11.1 Å². The second kappa shape index (κ2) is 7.44. The van der Waals surface area contributed by atoms with Crippen LogP contribution < -0.4 is 10.4 Å². The van der Waals surface area contributed by atoms with Crippen LogP contribution in [0.2, 0.25) is 5.02 Å².